The van der Waals surface area contributed by atoms with Crippen molar-refractivity contribution in [3.05, 3.63) is 101 Å². The SMILES string of the molecule is CN(CCc1cccc(C(F)(F)F)c1)Cc1ccc(Oc2ccc3c(c2)NC=CCC3)cc1. The molecule has 0 aromatic heterocycles. The Bertz CT molecular complexity index is 1110. The second-order valence-corrected chi connectivity index (χ2v) is 8.34. The average Bonchev–Trinajstić information content (AvgIpc) is 3.04. The molecule has 0 fully saturated rings. The van der Waals surface area contributed by atoms with Crippen LogP contribution in [0.5, 0.6) is 11.5 Å². The lowest BCUT2D eigenvalue weighted by Gasteiger charge is -2.17. The molecule has 0 atom stereocenters. The Kier molecular flexibility index (Phi) is 7.04. The van der Waals surface area contributed by atoms with E-state index in [4.69, 9.17) is 4.74 Å². The first-order valence-electron chi connectivity index (χ1n) is 11.0. The number of aryl methyl sites for hydroxylation is 1. The third-order valence-electron chi connectivity index (χ3n) is 5.67. The predicted octanol–water partition coefficient (Wildman–Crippen LogP) is 7.04. The molecule has 0 unspecified atom stereocenters. The van der Waals surface area contributed by atoms with Crippen molar-refractivity contribution in [1.29, 1.82) is 0 Å². The van der Waals surface area contributed by atoms with Gasteiger partial charge >= 0.3 is 6.18 Å². The van der Waals surface area contributed by atoms with Gasteiger partial charge in [0.05, 0.1) is 5.56 Å². The van der Waals surface area contributed by atoms with E-state index in [0.29, 0.717) is 25.1 Å². The molecule has 33 heavy (non-hydrogen) atoms. The molecule has 0 bridgehead atoms. The molecule has 4 rings (SSSR count). The van der Waals surface area contributed by atoms with E-state index < -0.39 is 11.7 Å². The molecule has 0 aliphatic carbocycles. The van der Waals surface area contributed by atoms with Crippen molar-refractivity contribution >= 4 is 5.69 Å². The van der Waals surface area contributed by atoms with Crippen LogP contribution in [0.15, 0.2) is 79.0 Å². The fourth-order valence-electron chi connectivity index (χ4n) is 3.86. The highest BCUT2D eigenvalue weighted by Crippen LogP contribution is 2.30. The van der Waals surface area contributed by atoms with Crippen molar-refractivity contribution in [2.24, 2.45) is 0 Å². The van der Waals surface area contributed by atoms with E-state index >= 15 is 0 Å². The van der Waals surface area contributed by atoms with Gasteiger partial charge < -0.3 is 15.0 Å². The van der Waals surface area contributed by atoms with Crippen LogP contribution in [0.1, 0.15) is 28.7 Å². The lowest BCUT2D eigenvalue weighted by Crippen LogP contribution is -2.20. The number of fused-ring (bicyclic) bond motifs is 1. The van der Waals surface area contributed by atoms with Gasteiger partial charge in [0.1, 0.15) is 11.5 Å². The molecular weight excluding hydrogens is 425 g/mol. The normalized spacial score (nSPS) is 13.4. The number of ether oxygens (including phenoxy) is 1. The molecular formula is C27H27F3N2O. The molecule has 0 amide bonds. The first-order valence-corrected chi connectivity index (χ1v) is 11.0. The Balaban J connectivity index is 1.30. The largest absolute Gasteiger partial charge is 0.457 e. The summed E-state index contributed by atoms with van der Waals surface area (Å²) in [5.74, 6) is 1.54. The maximum atomic E-state index is 12.9. The number of hydrogen-bond acceptors (Lipinski definition) is 3. The van der Waals surface area contributed by atoms with Gasteiger partial charge in [-0.3, -0.25) is 0 Å². The monoisotopic (exact) mass is 452 g/mol. The van der Waals surface area contributed by atoms with Crippen molar-refractivity contribution in [2.45, 2.75) is 32.0 Å². The maximum absolute atomic E-state index is 12.9. The minimum Gasteiger partial charge on any atom is -0.457 e. The summed E-state index contributed by atoms with van der Waals surface area (Å²) >= 11 is 0. The summed E-state index contributed by atoms with van der Waals surface area (Å²) in [5, 5.41) is 3.29. The number of allylic oxidation sites excluding steroid dienone is 1. The summed E-state index contributed by atoms with van der Waals surface area (Å²) in [6, 6.07) is 19.5. The fraction of sp³-hybridized carbons (Fsp3) is 0.259. The zero-order valence-corrected chi connectivity index (χ0v) is 18.5. The van der Waals surface area contributed by atoms with E-state index in [1.165, 1.54) is 17.7 Å². The molecule has 6 heteroatoms. The van der Waals surface area contributed by atoms with Gasteiger partial charge in [0.15, 0.2) is 0 Å². The summed E-state index contributed by atoms with van der Waals surface area (Å²) in [5.41, 5.74) is 3.55. The molecule has 172 valence electrons. The van der Waals surface area contributed by atoms with Crippen molar-refractivity contribution in [1.82, 2.24) is 4.90 Å². The quantitative estimate of drug-likeness (QED) is 0.416. The molecule has 0 saturated heterocycles. The highest BCUT2D eigenvalue weighted by molar-refractivity contribution is 5.58. The lowest BCUT2D eigenvalue weighted by molar-refractivity contribution is -0.137. The highest BCUT2D eigenvalue weighted by atomic mass is 19.4. The van der Waals surface area contributed by atoms with Gasteiger partial charge in [-0.25, -0.2) is 0 Å². The average molecular weight is 453 g/mol. The Morgan fingerprint density at radius 1 is 0.939 bits per heavy atom. The van der Waals surface area contributed by atoms with Crippen LogP contribution in [0.3, 0.4) is 0 Å². The zero-order chi connectivity index (χ0) is 23.3. The van der Waals surface area contributed by atoms with Gasteiger partial charge in [0.25, 0.3) is 0 Å². The van der Waals surface area contributed by atoms with Gasteiger partial charge in [0, 0.05) is 24.8 Å². The Morgan fingerprint density at radius 3 is 2.52 bits per heavy atom. The second kappa shape index (κ2) is 10.1. The van der Waals surface area contributed by atoms with Crippen molar-refractivity contribution in [3.63, 3.8) is 0 Å². The first-order chi connectivity index (χ1) is 15.9. The van der Waals surface area contributed by atoms with E-state index in [9.17, 15) is 13.2 Å². The first kappa shape index (κ1) is 22.9. The van der Waals surface area contributed by atoms with Gasteiger partial charge in [-0.1, -0.05) is 42.5 Å². The second-order valence-electron chi connectivity index (χ2n) is 8.34. The van der Waals surface area contributed by atoms with Crippen molar-refractivity contribution in [2.75, 3.05) is 18.9 Å². The number of benzene rings is 3. The van der Waals surface area contributed by atoms with E-state index in [0.717, 1.165) is 41.7 Å². The standard InChI is InChI=1S/C27H27F3N2O/c1-32(16-14-20-5-4-7-23(17-20)27(28,29)30)19-21-8-11-24(12-9-21)33-25-13-10-22-6-2-3-15-31-26(22)18-25/h3-5,7-13,15,17-18,31H,2,6,14,16,19H2,1H3. The number of likely N-dealkylation sites (N-methyl/N-ethyl adjacent to an activating group) is 1. The van der Waals surface area contributed by atoms with Crippen molar-refractivity contribution in [3.8, 4) is 11.5 Å². The van der Waals surface area contributed by atoms with E-state index in [-0.39, 0.29) is 0 Å². The fourth-order valence-corrected chi connectivity index (χ4v) is 3.86. The Hall–Kier alpha value is -3.25. The van der Waals surface area contributed by atoms with Crippen LogP contribution < -0.4 is 10.1 Å². The van der Waals surface area contributed by atoms with E-state index in [1.807, 2.05) is 49.6 Å². The summed E-state index contributed by atoms with van der Waals surface area (Å²) in [7, 11) is 1.97. The van der Waals surface area contributed by atoms with Gasteiger partial charge in [-0.15, -0.1) is 0 Å². The molecule has 0 saturated carbocycles. The number of hydrogen-bond donors (Lipinski definition) is 1. The van der Waals surface area contributed by atoms with Gasteiger partial charge in [0.2, 0.25) is 0 Å². The van der Waals surface area contributed by atoms with E-state index in [2.05, 4.69) is 22.4 Å². The molecule has 1 heterocycles. The topological polar surface area (TPSA) is 24.5 Å². The smallest absolute Gasteiger partial charge is 0.416 e. The minimum absolute atomic E-state index is 0.559. The Morgan fingerprint density at radius 2 is 1.73 bits per heavy atom. The number of rotatable bonds is 7. The van der Waals surface area contributed by atoms with Crippen LogP contribution in [0, 0.1) is 0 Å². The van der Waals surface area contributed by atoms with Gasteiger partial charge in [-0.2, -0.15) is 13.2 Å². The molecule has 1 N–H and O–H groups in total. The summed E-state index contributed by atoms with van der Waals surface area (Å²) in [4.78, 5) is 2.10. The molecule has 1 aliphatic rings. The third-order valence-corrected chi connectivity index (χ3v) is 5.67. The van der Waals surface area contributed by atoms with E-state index in [1.54, 1.807) is 6.07 Å². The predicted molar refractivity (Wildman–Crippen MR) is 126 cm³/mol. The van der Waals surface area contributed by atoms with Crippen LogP contribution in [0.25, 0.3) is 0 Å². The van der Waals surface area contributed by atoms with Gasteiger partial charge in [-0.05, 0) is 73.5 Å². The minimum atomic E-state index is -4.31. The van der Waals surface area contributed by atoms with Crippen LogP contribution >= 0.6 is 0 Å². The summed E-state index contributed by atoms with van der Waals surface area (Å²) in [6.07, 6.45) is 2.37. The molecule has 3 nitrogen and oxygen atoms in total. The molecule has 0 spiro atoms. The van der Waals surface area contributed by atoms with Crippen LogP contribution in [0.2, 0.25) is 0 Å². The highest BCUT2D eigenvalue weighted by Gasteiger charge is 2.30. The summed E-state index contributed by atoms with van der Waals surface area (Å²) in [6.45, 7) is 1.37. The molecule has 3 aromatic carbocycles. The number of alkyl halides is 3. The number of halogens is 3. The third kappa shape index (κ3) is 6.39. The Labute approximate surface area is 192 Å². The molecule has 0 radical (unpaired) electrons. The number of nitrogens with one attached hydrogen (secondary N) is 1. The molecule has 3 aromatic rings. The zero-order valence-electron chi connectivity index (χ0n) is 18.5. The number of anilines is 1. The van der Waals surface area contributed by atoms with Crippen LogP contribution in [-0.2, 0) is 25.6 Å². The lowest BCUT2D eigenvalue weighted by atomic mass is 10.1. The maximum Gasteiger partial charge on any atom is 0.416 e. The van der Waals surface area contributed by atoms with Crippen molar-refractivity contribution < 1.29 is 17.9 Å². The van der Waals surface area contributed by atoms with Crippen LogP contribution in [-0.4, -0.2) is 18.5 Å². The van der Waals surface area contributed by atoms with Crippen LogP contribution in [0.4, 0.5) is 18.9 Å². The summed E-state index contributed by atoms with van der Waals surface area (Å²) < 4.78 is 44.7. The number of nitrogens with zero attached hydrogens (tertiary/aromatic N) is 1. The molecule has 1 aliphatic heterocycles.